The first kappa shape index (κ1) is 7.28. The summed E-state index contributed by atoms with van der Waals surface area (Å²) in [4.78, 5) is 10.4. The Hall–Kier alpha value is -0.830. The summed E-state index contributed by atoms with van der Waals surface area (Å²) in [6, 6.07) is -0.449. The molecular weight excluding hydrogens is 130 g/mol. The molecule has 1 heterocycles. The maximum Gasteiger partial charge on any atom is 0.324 e. The third kappa shape index (κ3) is 1.36. The number of carbonyl (C=O) groups is 1. The Balaban J connectivity index is 2.55. The number of rotatable bonds is 2. The van der Waals surface area contributed by atoms with Gasteiger partial charge in [-0.1, -0.05) is 18.6 Å². The van der Waals surface area contributed by atoms with E-state index < -0.39 is 12.0 Å². The molecule has 0 aromatic heterocycles. The van der Waals surface area contributed by atoms with Gasteiger partial charge in [0.2, 0.25) is 0 Å². The Kier molecular flexibility index (Phi) is 2.06. The van der Waals surface area contributed by atoms with E-state index in [1.165, 1.54) is 5.57 Å². The van der Waals surface area contributed by atoms with Crippen LogP contribution in [0.3, 0.4) is 0 Å². The Labute approximate surface area is 59.7 Å². The van der Waals surface area contributed by atoms with E-state index in [2.05, 4.69) is 5.32 Å². The van der Waals surface area contributed by atoms with E-state index in [0.29, 0.717) is 0 Å². The average molecular weight is 141 g/mol. The Morgan fingerprint density at radius 1 is 2.00 bits per heavy atom. The van der Waals surface area contributed by atoms with Crippen LogP contribution in [-0.4, -0.2) is 23.7 Å². The number of hydrogen-bond acceptors (Lipinski definition) is 2. The fraction of sp³-hybridized carbons (Fsp3) is 0.571. The monoisotopic (exact) mass is 141 g/mol. The molecule has 0 radical (unpaired) electrons. The second-order valence-corrected chi connectivity index (χ2v) is 2.38. The maximum absolute atomic E-state index is 10.4. The van der Waals surface area contributed by atoms with Crippen LogP contribution in [0.4, 0.5) is 0 Å². The fourth-order valence-corrected chi connectivity index (χ4v) is 0.996. The van der Waals surface area contributed by atoms with E-state index in [1.807, 2.05) is 6.92 Å². The smallest absolute Gasteiger partial charge is 0.324 e. The highest BCUT2D eigenvalue weighted by molar-refractivity contribution is 5.76. The van der Waals surface area contributed by atoms with Crippen LogP contribution in [0.2, 0.25) is 0 Å². The quantitative estimate of drug-likeness (QED) is 0.546. The molecule has 1 rings (SSSR count). The molecule has 1 atom stereocenters. The third-order valence-electron chi connectivity index (χ3n) is 1.67. The molecule has 1 aliphatic heterocycles. The normalized spacial score (nSPS) is 24.5. The largest absolute Gasteiger partial charge is 0.480 e. The van der Waals surface area contributed by atoms with Crippen LogP contribution in [-0.2, 0) is 4.79 Å². The van der Waals surface area contributed by atoms with Crippen molar-refractivity contribution < 1.29 is 9.90 Å². The molecule has 10 heavy (non-hydrogen) atoms. The summed E-state index contributed by atoms with van der Waals surface area (Å²) in [5.41, 5.74) is 1.19. The van der Waals surface area contributed by atoms with Crippen molar-refractivity contribution in [3.63, 3.8) is 0 Å². The van der Waals surface area contributed by atoms with Crippen molar-refractivity contribution in [3.8, 4) is 0 Å². The van der Waals surface area contributed by atoms with Gasteiger partial charge in [0, 0.05) is 6.54 Å². The summed E-state index contributed by atoms with van der Waals surface area (Å²) < 4.78 is 0. The number of aliphatic carboxylic acids is 1. The molecule has 3 heteroatoms. The molecule has 0 fully saturated rings. The molecule has 0 saturated carbocycles. The van der Waals surface area contributed by atoms with Gasteiger partial charge in [-0.2, -0.15) is 0 Å². The summed E-state index contributed by atoms with van der Waals surface area (Å²) in [6.07, 6.45) is 2.72. The molecule has 0 aromatic rings. The predicted octanol–water partition coefficient (Wildman–Crippen LogP) is 0.379. The lowest BCUT2D eigenvalue weighted by Crippen LogP contribution is -2.30. The minimum Gasteiger partial charge on any atom is -0.480 e. The van der Waals surface area contributed by atoms with Gasteiger partial charge in [-0.05, 0) is 6.42 Å². The van der Waals surface area contributed by atoms with Crippen molar-refractivity contribution in [1.29, 1.82) is 0 Å². The third-order valence-corrected chi connectivity index (χ3v) is 1.67. The van der Waals surface area contributed by atoms with Crippen LogP contribution in [0.5, 0.6) is 0 Å². The van der Waals surface area contributed by atoms with Crippen molar-refractivity contribution in [2.24, 2.45) is 0 Å². The van der Waals surface area contributed by atoms with Gasteiger partial charge in [-0.25, -0.2) is 0 Å². The lowest BCUT2D eigenvalue weighted by atomic mass is 10.2. The lowest BCUT2D eigenvalue weighted by molar-refractivity contribution is -0.137. The topological polar surface area (TPSA) is 49.3 Å². The predicted molar refractivity (Wildman–Crippen MR) is 37.8 cm³/mol. The van der Waals surface area contributed by atoms with E-state index in [9.17, 15) is 4.79 Å². The SMILES string of the molecule is CCC1=CC(C(=O)O)NC1. The molecule has 0 amide bonds. The van der Waals surface area contributed by atoms with Crippen molar-refractivity contribution >= 4 is 5.97 Å². The Morgan fingerprint density at radius 2 is 2.70 bits per heavy atom. The molecule has 56 valence electrons. The second-order valence-electron chi connectivity index (χ2n) is 2.38. The lowest BCUT2D eigenvalue weighted by Gasteiger charge is -1.98. The Morgan fingerprint density at radius 3 is 3.00 bits per heavy atom. The van der Waals surface area contributed by atoms with Crippen LogP contribution in [0.1, 0.15) is 13.3 Å². The van der Waals surface area contributed by atoms with E-state index in [4.69, 9.17) is 5.11 Å². The van der Waals surface area contributed by atoms with Gasteiger partial charge < -0.3 is 5.11 Å². The molecule has 0 spiro atoms. The molecule has 1 unspecified atom stereocenters. The van der Waals surface area contributed by atoms with E-state index >= 15 is 0 Å². The zero-order chi connectivity index (χ0) is 7.56. The summed E-state index contributed by atoms with van der Waals surface area (Å²) in [5, 5.41) is 11.4. The van der Waals surface area contributed by atoms with E-state index in [1.54, 1.807) is 6.08 Å². The van der Waals surface area contributed by atoms with Crippen molar-refractivity contribution in [2.45, 2.75) is 19.4 Å². The summed E-state index contributed by atoms with van der Waals surface area (Å²) in [5.74, 6) is -0.788. The summed E-state index contributed by atoms with van der Waals surface area (Å²) in [6.45, 7) is 2.76. The minimum atomic E-state index is -0.788. The first-order chi connectivity index (χ1) is 4.74. The van der Waals surface area contributed by atoms with Gasteiger partial charge in [-0.3, -0.25) is 10.1 Å². The number of hydrogen-bond donors (Lipinski definition) is 2. The molecule has 0 aromatic carbocycles. The zero-order valence-corrected chi connectivity index (χ0v) is 5.92. The number of carboxylic acids is 1. The highest BCUT2D eigenvalue weighted by Gasteiger charge is 2.19. The molecule has 0 aliphatic carbocycles. The van der Waals surface area contributed by atoms with Crippen LogP contribution in [0.25, 0.3) is 0 Å². The van der Waals surface area contributed by atoms with E-state index in [-0.39, 0.29) is 0 Å². The van der Waals surface area contributed by atoms with Crippen molar-refractivity contribution in [1.82, 2.24) is 5.32 Å². The van der Waals surface area contributed by atoms with Crippen molar-refractivity contribution in [3.05, 3.63) is 11.6 Å². The standard InChI is InChI=1S/C7H11NO2/c1-2-5-3-6(7(9)10)8-4-5/h3,6,8H,2,4H2,1H3,(H,9,10). The van der Waals surface area contributed by atoms with Crippen LogP contribution < -0.4 is 5.32 Å². The van der Waals surface area contributed by atoms with E-state index in [0.717, 1.165) is 13.0 Å². The molecule has 2 N–H and O–H groups in total. The average Bonchev–Trinajstić information content (AvgIpc) is 2.34. The molecular formula is C7H11NO2. The number of nitrogens with one attached hydrogen (secondary N) is 1. The first-order valence-electron chi connectivity index (χ1n) is 3.39. The highest BCUT2D eigenvalue weighted by Crippen LogP contribution is 2.08. The minimum absolute atomic E-state index is 0.449. The Bertz CT molecular complexity index is 174. The maximum atomic E-state index is 10.4. The molecule has 0 bridgehead atoms. The zero-order valence-electron chi connectivity index (χ0n) is 5.92. The molecule has 3 nitrogen and oxygen atoms in total. The van der Waals surface area contributed by atoms with Gasteiger partial charge in [0.1, 0.15) is 6.04 Å². The second kappa shape index (κ2) is 2.84. The highest BCUT2D eigenvalue weighted by atomic mass is 16.4. The molecule has 1 aliphatic rings. The van der Waals surface area contributed by atoms with Gasteiger partial charge >= 0.3 is 5.97 Å². The summed E-state index contributed by atoms with van der Waals surface area (Å²) in [7, 11) is 0. The van der Waals surface area contributed by atoms with Crippen LogP contribution >= 0.6 is 0 Å². The van der Waals surface area contributed by atoms with Crippen LogP contribution in [0.15, 0.2) is 11.6 Å². The molecule has 0 saturated heterocycles. The van der Waals surface area contributed by atoms with Gasteiger partial charge in [0.25, 0.3) is 0 Å². The van der Waals surface area contributed by atoms with Gasteiger partial charge in [-0.15, -0.1) is 0 Å². The van der Waals surface area contributed by atoms with Gasteiger partial charge in [0.05, 0.1) is 0 Å². The van der Waals surface area contributed by atoms with Crippen molar-refractivity contribution in [2.75, 3.05) is 6.54 Å². The summed E-state index contributed by atoms with van der Waals surface area (Å²) >= 11 is 0. The number of carboxylic acid groups (broad SMARTS) is 1. The fourth-order valence-electron chi connectivity index (χ4n) is 0.996. The van der Waals surface area contributed by atoms with Crippen LogP contribution in [0, 0.1) is 0 Å². The van der Waals surface area contributed by atoms with Gasteiger partial charge in [0.15, 0.2) is 0 Å². The first-order valence-corrected chi connectivity index (χ1v) is 3.39.